The van der Waals surface area contributed by atoms with E-state index in [0.717, 1.165) is 22.1 Å². The van der Waals surface area contributed by atoms with Crippen LogP contribution in [0.4, 0.5) is 0 Å². The molecule has 0 heterocycles. The summed E-state index contributed by atoms with van der Waals surface area (Å²) in [5.74, 6) is 1.35. The molecule has 0 unspecified atom stereocenters. The van der Waals surface area contributed by atoms with Crippen molar-refractivity contribution in [3.8, 4) is 11.5 Å². The van der Waals surface area contributed by atoms with E-state index in [2.05, 4.69) is 5.32 Å². The van der Waals surface area contributed by atoms with E-state index in [-0.39, 0.29) is 12.5 Å². The second-order valence-electron chi connectivity index (χ2n) is 5.78. The average Bonchev–Trinajstić information content (AvgIpc) is 2.65. The number of fused-ring (bicyclic) bond motifs is 1. The minimum atomic E-state index is -0.165. The molecule has 0 spiro atoms. The molecule has 0 fully saturated rings. The zero-order chi connectivity index (χ0) is 17.5. The third-order valence-corrected chi connectivity index (χ3v) is 3.82. The summed E-state index contributed by atoms with van der Waals surface area (Å²) in [5, 5.41) is 5.00. The number of hydrogen-bond acceptors (Lipinski definition) is 3. The van der Waals surface area contributed by atoms with Crippen LogP contribution in [0.15, 0.2) is 66.7 Å². The normalized spacial score (nSPS) is 10.4. The Hall–Kier alpha value is -3.01. The largest absolute Gasteiger partial charge is 0.491 e. The van der Waals surface area contributed by atoms with Gasteiger partial charge in [-0.2, -0.15) is 0 Å². The van der Waals surface area contributed by atoms with Crippen LogP contribution in [-0.2, 0) is 4.79 Å². The molecule has 0 saturated heterocycles. The number of amides is 1. The fourth-order valence-electron chi connectivity index (χ4n) is 2.51. The van der Waals surface area contributed by atoms with E-state index in [1.165, 1.54) is 0 Å². The molecule has 3 aromatic rings. The molecule has 0 aliphatic heterocycles. The second-order valence-corrected chi connectivity index (χ2v) is 5.78. The van der Waals surface area contributed by atoms with E-state index in [0.29, 0.717) is 18.9 Å². The minimum Gasteiger partial charge on any atom is -0.491 e. The van der Waals surface area contributed by atoms with E-state index in [9.17, 15) is 4.79 Å². The van der Waals surface area contributed by atoms with Gasteiger partial charge in [0.05, 0.1) is 6.54 Å². The quantitative estimate of drug-likeness (QED) is 0.669. The van der Waals surface area contributed by atoms with Crippen LogP contribution >= 0.6 is 0 Å². The minimum absolute atomic E-state index is 0.00265. The summed E-state index contributed by atoms with van der Waals surface area (Å²) in [5.41, 5.74) is 1.15. The Labute approximate surface area is 147 Å². The van der Waals surface area contributed by atoms with Crippen molar-refractivity contribution < 1.29 is 14.3 Å². The van der Waals surface area contributed by atoms with Crippen molar-refractivity contribution in [3.63, 3.8) is 0 Å². The SMILES string of the molecule is Cc1ccc(OCC(=O)NCCOc2cccc3ccccc23)cc1. The lowest BCUT2D eigenvalue weighted by atomic mass is 10.1. The predicted octanol–water partition coefficient (Wildman–Crippen LogP) is 3.72. The Morgan fingerprint density at radius 3 is 2.52 bits per heavy atom. The van der Waals surface area contributed by atoms with Crippen LogP contribution in [0.3, 0.4) is 0 Å². The van der Waals surface area contributed by atoms with Crippen molar-refractivity contribution in [2.45, 2.75) is 6.92 Å². The first-order chi connectivity index (χ1) is 12.2. The van der Waals surface area contributed by atoms with Gasteiger partial charge in [0.1, 0.15) is 18.1 Å². The van der Waals surface area contributed by atoms with Crippen molar-refractivity contribution in [1.82, 2.24) is 5.32 Å². The first-order valence-corrected chi connectivity index (χ1v) is 8.29. The number of nitrogens with one attached hydrogen (secondary N) is 1. The third kappa shape index (κ3) is 4.73. The van der Waals surface area contributed by atoms with E-state index in [1.54, 1.807) is 0 Å². The van der Waals surface area contributed by atoms with Crippen molar-refractivity contribution in [3.05, 3.63) is 72.3 Å². The molecule has 4 heteroatoms. The van der Waals surface area contributed by atoms with Crippen LogP contribution in [-0.4, -0.2) is 25.7 Å². The molecule has 0 aliphatic carbocycles. The Kier molecular flexibility index (Phi) is 5.52. The Morgan fingerprint density at radius 2 is 1.68 bits per heavy atom. The number of hydrogen-bond donors (Lipinski definition) is 1. The van der Waals surface area contributed by atoms with Crippen LogP contribution < -0.4 is 14.8 Å². The number of benzene rings is 3. The number of rotatable bonds is 7. The van der Waals surface area contributed by atoms with Gasteiger partial charge in [0, 0.05) is 5.39 Å². The zero-order valence-electron chi connectivity index (χ0n) is 14.2. The third-order valence-electron chi connectivity index (χ3n) is 3.82. The molecule has 4 nitrogen and oxygen atoms in total. The lowest BCUT2D eigenvalue weighted by Crippen LogP contribution is -2.32. The highest BCUT2D eigenvalue weighted by atomic mass is 16.5. The first-order valence-electron chi connectivity index (χ1n) is 8.29. The van der Waals surface area contributed by atoms with Crippen LogP contribution in [0.2, 0.25) is 0 Å². The van der Waals surface area contributed by atoms with Gasteiger partial charge in [0.2, 0.25) is 0 Å². The molecule has 3 rings (SSSR count). The van der Waals surface area contributed by atoms with Gasteiger partial charge >= 0.3 is 0 Å². The summed E-state index contributed by atoms with van der Waals surface area (Å²) in [6.07, 6.45) is 0. The maximum absolute atomic E-state index is 11.8. The number of carbonyl (C=O) groups excluding carboxylic acids is 1. The fraction of sp³-hybridized carbons (Fsp3) is 0.190. The standard InChI is InChI=1S/C21H21NO3/c1-16-9-11-18(12-10-16)25-15-21(23)22-13-14-24-20-8-4-6-17-5-2-3-7-19(17)20/h2-12H,13-15H2,1H3,(H,22,23). The Balaban J connectivity index is 1.42. The molecule has 3 aromatic carbocycles. The van der Waals surface area contributed by atoms with Crippen molar-refractivity contribution in [2.75, 3.05) is 19.8 Å². The van der Waals surface area contributed by atoms with Crippen LogP contribution in [0.1, 0.15) is 5.56 Å². The highest BCUT2D eigenvalue weighted by Crippen LogP contribution is 2.24. The van der Waals surface area contributed by atoms with Crippen molar-refractivity contribution >= 4 is 16.7 Å². The second kappa shape index (κ2) is 8.20. The molecular weight excluding hydrogens is 314 g/mol. The summed E-state index contributed by atoms with van der Waals surface area (Å²) >= 11 is 0. The van der Waals surface area contributed by atoms with E-state index in [1.807, 2.05) is 73.7 Å². The molecule has 1 N–H and O–H groups in total. The van der Waals surface area contributed by atoms with Gasteiger partial charge in [-0.3, -0.25) is 4.79 Å². The highest BCUT2D eigenvalue weighted by molar-refractivity contribution is 5.88. The summed E-state index contributed by atoms with van der Waals surface area (Å²) in [7, 11) is 0. The fourth-order valence-corrected chi connectivity index (χ4v) is 2.51. The number of aryl methyl sites for hydroxylation is 1. The molecular formula is C21H21NO3. The molecule has 0 radical (unpaired) electrons. The number of ether oxygens (including phenoxy) is 2. The molecule has 128 valence electrons. The van der Waals surface area contributed by atoms with Gasteiger partial charge in [-0.15, -0.1) is 0 Å². The summed E-state index contributed by atoms with van der Waals surface area (Å²) in [6.45, 7) is 2.84. The van der Waals surface area contributed by atoms with Gasteiger partial charge < -0.3 is 14.8 Å². The molecule has 0 bridgehead atoms. The predicted molar refractivity (Wildman–Crippen MR) is 99.1 cm³/mol. The maximum atomic E-state index is 11.8. The topological polar surface area (TPSA) is 47.6 Å². The van der Waals surface area contributed by atoms with Gasteiger partial charge in [-0.25, -0.2) is 0 Å². The smallest absolute Gasteiger partial charge is 0.258 e. The molecule has 25 heavy (non-hydrogen) atoms. The van der Waals surface area contributed by atoms with E-state index in [4.69, 9.17) is 9.47 Å². The van der Waals surface area contributed by atoms with Crippen LogP contribution in [0.5, 0.6) is 11.5 Å². The molecule has 0 aromatic heterocycles. The molecule has 0 atom stereocenters. The van der Waals surface area contributed by atoms with Crippen LogP contribution in [0, 0.1) is 6.92 Å². The average molecular weight is 335 g/mol. The van der Waals surface area contributed by atoms with Crippen LogP contribution in [0.25, 0.3) is 10.8 Å². The number of carbonyl (C=O) groups is 1. The van der Waals surface area contributed by atoms with Gasteiger partial charge in [0.15, 0.2) is 6.61 Å². The highest BCUT2D eigenvalue weighted by Gasteiger charge is 2.04. The zero-order valence-corrected chi connectivity index (χ0v) is 14.2. The lowest BCUT2D eigenvalue weighted by Gasteiger charge is -2.10. The summed E-state index contributed by atoms with van der Waals surface area (Å²) in [4.78, 5) is 11.8. The maximum Gasteiger partial charge on any atom is 0.258 e. The van der Waals surface area contributed by atoms with Gasteiger partial charge in [-0.05, 0) is 30.5 Å². The van der Waals surface area contributed by atoms with Gasteiger partial charge in [0.25, 0.3) is 5.91 Å². The van der Waals surface area contributed by atoms with Gasteiger partial charge in [-0.1, -0.05) is 54.1 Å². The molecule has 1 amide bonds. The van der Waals surface area contributed by atoms with Crippen molar-refractivity contribution in [2.24, 2.45) is 0 Å². The summed E-state index contributed by atoms with van der Waals surface area (Å²) in [6, 6.07) is 21.6. The molecule has 0 aliphatic rings. The summed E-state index contributed by atoms with van der Waals surface area (Å²) < 4.78 is 11.2. The van der Waals surface area contributed by atoms with E-state index >= 15 is 0 Å². The van der Waals surface area contributed by atoms with Crippen molar-refractivity contribution in [1.29, 1.82) is 0 Å². The van der Waals surface area contributed by atoms with E-state index < -0.39 is 0 Å². The monoisotopic (exact) mass is 335 g/mol. The first kappa shape index (κ1) is 16.8. The molecule has 0 saturated carbocycles. The Morgan fingerprint density at radius 1 is 0.920 bits per heavy atom. The lowest BCUT2D eigenvalue weighted by molar-refractivity contribution is -0.123. The Bertz CT molecular complexity index is 838.